The van der Waals surface area contributed by atoms with Gasteiger partial charge in [-0.25, -0.2) is 12.8 Å². The summed E-state index contributed by atoms with van der Waals surface area (Å²) in [5.41, 5.74) is 1.59. The van der Waals surface area contributed by atoms with Gasteiger partial charge >= 0.3 is 0 Å². The first-order valence-electron chi connectivity index (χ1n) is 7.60. The molecule has 0 amide bonds. The molecule has 0 aliphatic carbocycles. The average Bonchev–Trinajstić information content (AvgIpc) is 2.98. The Balaban J connectivity index is 1.80. The van der Waals surface area contributed by atoms with Gasteiger partial charge in [-0.2, -0.15) is 0 Å². The van der Waals surface area contributed by atoms with Gasteiger partial charge in [0, 0.05) is 11.4 Å². The lowest BCUT2D eigenvalue weighted by Gasteiger charge is -2.25. The molecule has 2 aliphatic rings. The largest absolute Gasteiger partial charge is 0.312 e. The fourth-order valence-corrected chi connectivity index (χ4v) is 5.90. The third-order valence-electron chi connectivity index (χ3n) is 4.51. The van der Waals surface area contributed by atoms with Crippen LogP contribution in [0.2, 0.25) is 0 Å². The molecule has 2 atom stereocenters. The molecule has 2 saturated heterocycles. The molecule has 2 heterocycles. The lowest BCUT2D eigenvalue weighted by atomic mass is 10.1. The van der Waals surface area contributed by atoms with E-state index in [-0.39, 0.29) is 29.4 Å². The zero-order chi connectivity index (χ0) is 16.9. The third-order valence-corrected chi connectivity index (χ3v) is 6.60. The standard InChI is InChI=1S/C17H15FN2O2S2/c18-12-6-8-14(9-7-12)20-16-11-24(21,22)10-15(16)19(17(20)23)13-4-2-1-3-5-13/h1-9,15-16H,10-11H2. The number of hydrogen-bond acceptors (Lipinski definition) is 3. The molecule has 0 bridgehead atoms. The predicted molar refractivity (Wildman–Crippen MR) is 96.6 cm³/mol. The van der Waals surface area contributed by atoms with Crippen molar-refractivity contribution in [3.8, 4) is 0 Å². The van der Waals surface area contributed by atoms with Crippen molar-refractivity contribution in [1.82, 2.24) is 0 Å². The van der Waals surface area contributed by atoms with Gasteiger partial charge in [0.05, 0.1) is 23.6 Å². The summed E-state index contributed by atoms with van der Waals surface area (Å²) in [4.78, 5) is 3.75. The van der Waals surface area contributed by atoms with E-state index in [1.807, 2.05) is 40.1 Å². The number of anilines is 2. The van der Waals surface area contributed by atoms with Gasteiger partial charge in [0.2, 0.25) is 0 Å². The second-order valence-electron chi connectivity index (χ2n) is 6.05. The maximum absolute atomic E-state index is 13.2. The Morgan fingerprint density at radius 3 is 1.92 bits per heavy atom. The molecule has 24 heavy (non-hydrogen) atoms. The summed E-state index contributed by atoms with van der Waals surface area (Å²) in [5, 5.41) is 0.553. The van der Waals surface area contributed by atoms with E-state index in [0.717, 1.165) is 5.69 Å². The molecule has 2 fully saturated rings. The van der Waals surface area contributed by atoms with Gasteiger partial charge in [-0.15, -0.1) is 0 Å². The molecule has 2 aromatic rings. The van der Waals surface area contributed by atoms with Crippen molar-refractivity contribution in [3.05, 3.63) is 60.4 Å². The number of rotatable bonds is 2. The number of thiocarbonyl (C=S) groups is 1. The summed E-state index contributed by atoms with van der Waals surface area (Å²) in [6, 6.07) is 15.1. The van der Waals surface area contributed by atoms with Crippen LogP contribution in [-0.2, 0) is 9.84 Å². The minimum Gasteiger partial charge on any atom is -0.312 e. The predicted octanol–water partition coefficient (Wildman–Crippen LogP) is 2.60. The van der Waals surface area contributed by atoms with E-state index in [1.54, 1.807) is 12.1 Å². The number of nitrogens with zero attached hydrogens (tertiary/aromatic N) is 2. The first-order chi connectivity index (χ1) is 11.5. The third kappa shape index (κ3) is 2.48. The highest BCUT2D eigenvalue weighted by atomic mass is 32.2. The Kier molecular flexibility index (Phi) is 3.58. The van der Waals surface area contributed by atoms with Crippen molar-refractivity contribution in [2.24, 2.45) is 0 Å². The van der Waals surface area contributed by atoms with Gasteiger partial charge < -0.3 is 9.80 Å². The highest BCUT2D eigenvalue weighted by Gasteiger charge is 2.52. The van der Waals surface area contributed by atoms with Crippen LogP contribution in [-0.4, -0.2) is 37.1 Å². The zero-order valence-corrected chi connectivity index (χ0v) is 14.3. The minimum absolute atomic E-state index is 0.0541. The van der Waals surface area contributed by atoms with Gasteiger partial charge in [0.15, 0.2) is 14.9 Å². The van der Waals surface area contributed by atoms with Crippen molar-refractivity contribution < 1.29 is 12.8 Å². The van der Waals surface area contributed by atoms with E-state index in [0.29, 0.717) is 10.8 Å². The van der Waals surface area contributed by atoms with E-state index < -0.39 is 9.84 Å². The van der Waals surface area contributed by atoms with Crippen molar-refractivity contribution in [1.29, 1.82) is 0 Å². The van der Waals surface area contributed by atoms with Gasteiger partial charge in [-0.1, -0.05) is 18.2 Å². The molecule has 2 unspecified atom stereocenters. The van der Waals surface area contributed by atoms with E-state index in [9.17, 15) is 12.8 Å². The van der Waals surface area contributed by atoms with Crippen molar-refractivity contribution in [2.75, 3.05) is 21.3 Å². The molecule has 124 valence electrons. The van der Waals surface area contributed by atoms with Crippen LogP contribution in [0, 0.1) is 5.82 Å². The SMILES string of the molecule is O=S1(=O)CC2C(C1)N(c1ccc(F)cc1)C(=S)N2c1ccccc1. The highest BCUT2D eigenvalue weighted by Crippen LogP contribution is 2.37. The van der Waals surface area contributed by atoms with Gasteiger partial charge in [0.25, 0.3) is 0 Å². The average molecular weight is 362 g/mol. The Bertz CT molecular complexity index is 885. The van der Waals surface area contributed by atoms with Crippen LogP contribution in [0.3, 0.4) is 0 Å². The van der Waals surface area contributed by atoms with Crippen LogP contribution in [0.4, 0.5) is 15.8 Å². The number of para-hydroxylation sites is 1. The zero-order valence-electron chi connectivity index (χ0n) is 12.7. The van der Waals surface area contributed by atoms with Crippen LogP contribution in [0.1, 0.15) is 0 Å². The highest BCUT2D eigenvalue weighted by molar-refractivity contribution is 7.91. The number of sulfone groups is 1. The summed E-state index contributed by atoms with van der Waals surface area (Å²) in [6.45, 7) is 0. The molecule has 0 N–H and O–H groups in total. The first kappa shape index (κ1) is 15.5. The monoisotopic (exact) mass is 362 g/mol. The quantitative estimate of drug-likeness (QED) is 0.768. The maximum atomic E-state index is 13.2. The fraction of sp³-hybridized carbons (Fsp3) is 0.235. The Hall–Kier alpha value is -1.99. The van der Waals surface area contributed by atoms with Crippen molar-refractivity contribution in [3.63, 3.8) is 0 Å². The fourth-order valence-electron chi connectivity index (χ4n) is 3.50. The molecular weight excluding hydrogens is 347 g/mol. The number of hydrogen-bond donors (Lipinski definition) is 0. The van der Waals surface area contributed by atoms with Crippen molar-refractivity contribution in [2.45, 2.75) is 12.1 Å². The number of benzene rings is 2. The molecule has 0 radical (unpaired) electrons. The summed E-state index contributed by atoms with van der Waals surface area (Å²) in [7, 11) is -3.14. The second kappa shape index (κ2) is 5.53. The van der Waals surface area contributed by atoms with Crippen LogP contribution in [0.5, 0.6) is 0 Å². The molecule has 7 heteroatoms. The first-order valence-corrected chi connectivity index (χ1v) is 9.83. The molecule has 0 aromatic heterocycles. The van der Waals surface area contributed by atoms with Crippen LogP contribution in [0.15, 0.2) is 54.6 Å². The van der Waals surface area contributed by atoms with Gasteiger partial charge in [-0.3, -0.25) is 0 Å². The Morgan fingerprint density at radius 1 is 0.875 bits per heavy atom. The van der Waals surface area contributed by atoms with E-state index in [4.69, 9.17) is 12.2 Å². The van der Waals surface area contributed by atoms with Crippen LogP contribution in [0.25, 0.3) is 0 Å². The van der Waals surface area contributed by atoms with Gasteiger partial charge in [-0.05, 0) is 48.6 Å². The smallest absolute Gasteiger partial charge is 0.181 e. The molecule has 2 aliphatic heterocycles. The topological polar surface area (TPSA) is 40.6 Å². The molecule has 0 saturated carbocycles. The summed E-state index contributed by atoms with van der Waals surface area (Å²) in [6.07, 6.45) is 0. The molecule has 4 rings (SSSR count). The normalized spacial score (nSPS) is 25.1. The summed E-state index contributed by atoms with van der Waals surface area (Å²) < 4.78 is 37.7. The Morgan fingerprint density at radius 2 is 1.38 bits per heavy atom. The van der Waals surface area contributed by atoms with E-state index >= 15 is 0 Å². The Labute approximate surface area is 145 Å². The minimum atomic E-state index is -3.14. The number of halogens is 1. The molecule has 2 aromatic carbocycles. The van der Waals surface area contributed by atoms with Crippen molar-refractivity contribution >= 4 is 38.5 Å². The second-order valence-corrected chi connectivity index (χ2v) is 8.57. The van der Waals surface area contributed by atoms with E-state index in [1.165, 1.54) is 12.1 Å². The van der Waals surface area contributed by atoms with E-state index in [2.05, 4.69) is 0 Å². The molecule has 4 nitrogen and oxygen atoms in total. The summed E-state index contributed by atoms with van der Waals surface area (Å²) in [5.74, 6) is -0.206. The molecule has 0 spiro atoms. The lowest BCUT2D eigenvalue weighted by Crippen LogP contribution is -2.37. The van der Waals surface area contributed by atoms with Gasteiger partial charge in [0.1, 0.15) is 5.82 Å². The maximum Gasteiger partial charge on any atom is 0.181 e. The lowest BCUT2D eigenvalue weighted by molar-refractivity contribution is 0.601. The number of fused-ring (bicyclic) bond motifs is 1. The molecular formula is C17H15FN2O2S2. The van der Waals surface area contributed by atoms with Crippen LogP contribution < -0.4 is 9.80 Å². The van der Waals surface area contributed by atoms with Crippen LogP contribution >= 0.6 is 12.2 Å². The summed E-state index contributed by atoms with van der Waals surface area (Å²) >= 11 is 5.65.